The molecule has 1 aromatic rings. The molecule has 1 N–H and O–H groups in total. The van der Waals surface area contributed by atoms with E-state index in [1.165, 1.54) is 4.90 Å². The van der Waals surface area contributed by atoms with Crippen molar-refractivity contribution in [1.29, 1.82) is 0 Å². The summed E-state index contributed by atoms with van der Waals surface area (Å²) in [6, 6.07) is 6.68. The Bertz CT molecular complexity index is 481. The Kier molecular flexibility index (Phi) is 7.65. The van der Waals surface area contributed by atoms with Crippen molar-refractivity contribution in [2.24, 2.45) is 0 Å². The van der Waals surface area contributed by atoms with Crippen LogP contribution in [0.25, 0.3) is 0 Å². The quantitative estimate of drug-likeness (QED) is 0.483. The van der Waals surface area contributed by atoms with E-state index >= 15 is 0 Å². The van der Waals surface area contributed by atoms with Gasteiger partial charge in [0.1, 0.15) is 5.75 Å². The highest BCUT2D eigenvalue weighted by Crippen LogP contribution is 2.16. The fourth-order valence-corrected chi connectivity index (χ4v) is 1.43. The smallest absolute Gasteiger partial charge is 0.414 e. The number of anilines is 1. The highest BCUT2D eigenvalue weighted by atomic mass is 127. The van der Waals surface area contributed by atoms with Crippen molar-refractivity contribution in [1.82, 2.24) is 4.90 Å². The van der Waals surface area contributed by atoms with Gasteiger partial charge in [0, 0.05) is 19.8 Å². The number of amides is 2. The van der Waals surface area contributed by atoms with E-state index in [1.54, 1.807) is 38.4 Å². The summed E-state index contributed by atoms with van der Waals surface area (Å²) in [4.78, 5) is 24.5. The van der Waals surface area contributed by atoms with E-state index in [0.717, 1.165) is 0 Å². The lowest BCUT2D eigenvalue weighted by atomic mass is 10.3. The number of hydrogen-bond acceptors (Lipinski definition) is 3. The largest absolute Gasteiger partial charge is 1.00 e. The van der Waals surface area contributed by atoms with Gasteiger partial charge < -0.3 is 43.4 Å². The van der Waals surface area contributed by atoms with Gasteiger partial charge in [0.15, 0.2) is 6.54 Å². The number of benzene rings is 1. The van der Waals surface area contributed by atoms with Gasteiger partial charge in [-0.2, -0.15) is 0 Å². The van der Waals surface area contributed by atoms with E-state index in [2.05, 4.69) is 5.32 Å². The molecule has 1 aromatic carbocycles. The molecular formula is C14H22IN3O3. The SMILES string of the molecule is CN(C)C(=O)Oc1ccc(NC(=O)C[N+](C)(C)C)cc1.[I-]. The van der Waals surface area contributed by atoms with Crippen LogP contribution in [0, 0.1) is 0 Å². The van der Waals surface area contributed by atoms with Crippen LogP contribution >= 0.6 is 0 Å². The minimum absolute atomic E-state index is 0. The molecule has 6 nitrogen and oxygen atoms in total. The van der Waals surface area contributed by atoms with Gasteiger partial charge in [0.25, 0.3) is 5.91 Å². The van der Waals surface area contributed by atoms with E-state index in [4.69, 9.17) is 4.74 Å². The number of hydrogen-bond donors (Lipinski definition) is 1. The first-order valence-electron chi connectivity index (χ1n) is 6.27. The standard InChI is InChI=1S/C14H21N3O3.HI/c1-16(2)14(19)20-12-8-6-11(7-9-12)15-13(18)10-17(3,4)5;/h6-9H,10H2,1-5H3;1H. The van der Waals surface area contributed by atoms with Crippen molar-refractivity contribution < 1.29 is 42.8 Å². The first-order chi connectivity index (χ1) is 9.17. The van der Waals surface area contributed by atoms with Crippen molar-refractivity contribution in [3.05, 3.63) is 24.3 Å². The maximum absolute atomic E-state index is 11.8. The van der Waals surface area contributed by atoms with Crippen LogP contribution in [0.15, 0.2) is 24.3 Å². The predicted octanol–water partition coefficient (Wildman–Crippen LogP) is -1.60. The third-order valence-electron chi connectivity index (χ3n) is 2.33. The van der Waals surface area contributed by atoms with Gasteiger partial charge in [-0.15, -0.1) is 0 Å². The Morgan fingerprint density at radius 1 is 1.14 bits per heavy atom. The molecule has 0 fully saturated rings. The molecule has 0 aliphatic rings. The van der Waals surface area contributed by atoms with Crippen LogP contribution in [0.1, 0.15) is 0 Å². The Morgan fingerprint density at radius 3 is 2.10 bits per heavy atom. The van der Waals surface area contributed by atoms with Crippen molar-refractivity contribution in [3.8, 4) is 5.75 Å². The zero-order valence-corrected chi connectivity index (χ0v) is 15.2. The molecular weight excluding hydrogens is 385 g/mol. The summed E-state index contributed by atoms with van der Waals surface area (Å²) in [5.41, 5.74) is 0.674. The van der Waals surface area contributed by atoms with Crippen molar-refractivity contribution in [3.63, 3.8) is 0 Å². The molecule has 0 bridgehead atoms. The number of carbonyl (C=O) groups is 2. The molecule has 0 aliphatic heterocycles. The molecule has 0 aromatic heterocycles. The van der Waals surface area contributed by atoms with Gasteiger partial charge in [-0.1, -0.05) is 0 Å². The van der Waals surface area contributed by atoms with E-state index in [-0.39, 0.29) is 29.9 Å². The summed E-state index contributed by atoms with van der Waals surface area (Å²) in [5.74, 6) is 0.379. The fourth-order valence-electron chi connectivity index (χ4n) is 1.43. The van der Waals surface area contributed by atoms with Gasteiger partial charge in [-0.05, 0) is 24.3 Å². The maximum Gasteiger partial charge on any atom is 0.414 e. The molecule has 21 heavy (non-hydrogen) atoms. The average molecular weight is 407 g/mol. The van der Waals surface area contributed by atoms with E-state index in [1.807, 2.05) is 21.1 Å². The van der Waals surface area contributed by atoms with Crippen LogP contribution in [0.5, 0.6) is 5.75 Å². The first-order valence-corrected chi connectivity index (χ1v) is 6.27. The van der Waals surface area contributed by atoms with Crippen LogP contribution < -0.4 is 34.0 Å². The second-order valence-electron chi connectivity index (χ2n) is 5.78. The Hall–Kier alpha value is -1.35. The molecule has 0 unspecified atom stereocenters. The average Bonchev–Trinajstić information content (AvgIpc) is 2.28. The minimum atomic E-state index is -0.438. The Balaban J connectivity index is 0.00000400. The molecule has 7 heteroatoms. The lowest BCUT2D eigenvalue weighted by Gasteiger charge is -2.22. The number of ether oxygens (including phenoxy) is 1. The number of carbonyl (C=O) groups excluding carboxylic acids is 2. The highest BCUT2D eigenvalue weighted by Gasteiger charge is 2.14. The molecule has 0 heterocycles. The normalized spacial score (nSPS) is 10.3. The summed E-state index contributed by atoms with van der Waals surface area (Å²) in [6.07, 6.45) is -0.438. The first kappa shape index (κ1) is 19.7. The van der Waals surface area contributed by atoms with Gasteiger partial charge in [0.2, 0.25) is 0 Å². The predicted molar refractivity (Wildman–Crippen MR) is 77.7 cm³/mol. The number of nitrogens with one attached hydrogen (secondary N) is 1. The lowest BCUT2D eigenvalue weighted by Crippen LogP contribution is -3.00. The number of rotatable bonds is 4. The topological polar surface area (TPSA) is 58.6 Å². The minimum Gasteiger partial charge on any atom is -1.00 e. The molecule has 0 spiro atoms. The number of likely N-dealkylation sites (N-methyl/N-ethyl adjacent to an activating group) is 1. The zero-order valence-electron chi connectivity index (χ0n) is 13.0. The van der Waals surface area contributed by atoms with Crippen molar-refractivity contribution in [2.75, 3.05) is 47.1 Å². The summed E-state index contributed by atoms with van der Waals surface area (Å²) in [7, 11) is 9.07. The fraction of sp³-hybridized carbons (Fsp3) is 0.429. The van der Waals surface area contributed by atoms with E-state index in [9.17, 15) is 9.59 Å². The highest BCUT2D eigenvalue weighted by molar-refractivity contribution is 5.91. The molecule has 1 rings (SSSR count). The monoisotopic (exact) mass is 407 g/mol. The number of nitrogens with zero attached hydrogens (tertiary/aromatic N) is 2. The van der Waals surface area contributed by atoms with Crippen LogP contribution in [0.2, 0.25) is 0 Å². The molecule has 0 aliphatic carbocycles. The summed E-state index contributed by atoms with van der Waals surface area (Å²) >= 11 is 0. The summed E-state index contributed by atoms with van der Waals surface area (Å²) in [5, 5.41) is 2.80. The van der Waals surface area contributed by atoms with Crippen LogP contribution in [-0.2, 0) is 4.79 Å². The van der Waals surface area contributed by atoms with Crippen LogP contribution in [0.4, 0.5) is 10.5 Å². The van der Waals surface area contributed by atoms with Gasteiger partial charge in [-0.25, -0.2) is 4.79 Å². The van der Waals surface area contributed by atoms with Crippen molar-refractivity contribution >= 4 is 17.7 Å². The number of halogens is 1. The van der Waals surface area contributed by atoms with Gasteiger partial charge >= 0.3 is 6.09 Å². The van der Waals surface area contributed by atoms with Crippen LogP contribution in [-0.4, -0.2) is 63.2 Å². The third kappa shape index (κ3) is 7.86. The number of quaternary nitrogens is 1. The molecule has 0 radical (unpaired) electrons. The van der Waals surface area contributed by atoms with Gasteiger partial charge in [-0.3, -0.25) is 4.79 Å². The summed E-state index contributed by atoms with van der Waals surface area (Å²) in [6.45, 7) is 0.386. The van der Waals surface area contributed by atoms with Gasteiger partial charge in [0.05, 0.1) is 21.1 Å². The zero-order chi connectivity index (χ0) is 15.3. The molecule has 2 amide bonds. The Labute approximate surface area is 142 Å². The van der Waals surface area contributed by atoms with Crippen molar-refractivity contribution in [2.45, 2.75) is 0 Å². The second kappa shape index (κ2) is 8.18. The van der Waals surface area contributed by atoms with Crippen LogP contribution in [0.3, 0.4) is 0 Å². The van der Waals surface area contributed by atoms with E-state index in [0.29, 0.717) is 22.5 Å². The Morgan fingerprint density at radius 2 is 1.67 bits per heavy atom. The lowest BCUT2D eigenvalue weighted by molar-refractivity contribution is -0.861. The molecule has 0 saturated carbocycles. The van der Waals surface area contributed by atoms with E-state index < -0.39 is 6.09 Å². The second-order valence-corrected chi connectivity index (χ2v) is 5.78. The molecule has 0 atom stereocenters. The maximum atomic E-state index is 11.8. The summed E-state index contributed by atoms with van der Waals surface area (Å²) < 4.78 is 5.65. The molecule has 0 saturated heterocycles. The third-order valence-corrected chi connectivity index (χ3v) is 2.33. The molecule has 118 valence electrons.